The van der Waals surface area contributed by atoms with E-state index in [1.807, 2.05) is 24.3 Å². The van der Waals surface area contributed by atoms with Crippen LogP contribution >= 0.6 is 0 Å². The van der Waals surface area contributed by atoms with Crippen LogP contribution in [0.1, 0.15) is 24.8 Å². The summed E-state index contributed by atoms with van der Waals surface area (Å²) < 4.78 is 17.7. The van der Waals surface area contributed by atoms with Gasteiger partial charge in [-0.1, -0.05) is 12.1 Å². The van der Waals surface area contributed by atoms with Gasteiger partial charge >= 0.3 is 5.97 Å². The molecule has 0 bridgehead atoms. The monoisotopic (exact) mass is 382 g/mol. The molecular weight excluding hydrogens is 359 g/mol. The van der Waals surface area contributed by atoms with Crippen LogP contribution in [0.5, 0.6) is 0 Å². The summed E-state index contributed by atoms with van der Waals surface area (Å²) in [4.78, 5) is 26.0. The summed E-state index contributed by atoms with van der Waals surface area (Å²) in [5.74, 6) is -1.39. The summed E-state index contributed by atoms with van der Waals surface area (Å²) in [5, 5.41) is 2.71. The third kappa shape index (κ3) is 5.94. The van der Waals surface area contributed by atoms with E-state index in [1.165, 1.54) is 43.5 Å². The molecule has 0 aliphatic carbocycles. The van der Waals surface area contributed by atoms with Crippen molar-refractivity contribution in [2.45, 2.75) is 19.3 Å². The van der Waals surface area contributed by atoms with E-state index in [0.717, 1.165) is 18.8 Å². The fourth-order valence-electron chi connectivity index (χ4n) is 3.03. The molecule has 146 valence electrons. The maximum atomic E-state index is 12.8. The lowest BCUT2D eigenvalue weighted by molar-refractivity contribution is -0.142. The molecule has 0 radical (unpaired) electrons. The molecule has 0 saturated carbocycles. The van der Waals surface area contributed by atoms with Crippen LogP contribution in [0.25, 0.3) is 6.08 Å². The number of piperidine rings is 1. The molecule has 1 heterocycles. The van der Waals surface area contributed by atoms with Crippen LogP contribution in [0.15, 0.2) is 54.6 Å². The van der Waals surface area contributed by atoms with Gasteiger partial charge in [0.25, 0.3) is 5.91 Å². The normalized spacial score (nSPS) is 14.1. The summed E-state index contributed by atoms with van der Waals surface area (Å²) in [6.07, 6.45) is 6.40. The number of carbonyl (C=O) groups excluding carboxylic acids is 2. The van der Waals surface area contributed by atoms with Gasteiger partial charge < -0.3 is 15.0 Å². The lowest BCUT2D eigenvalue weighted by Gasteiger charge is -2.28. The van der Waals surface area contributed by atoms with Gasteiger partial charge in [-0.05, 0) is 67.3 Å². The van der Waals surface area contributed by atoms with E-state index < -0.39 is 11.9 Å². The Morgan fingerprint density at radius 3 is 2.36 bits per heavy atom. The predicted molar refractivity (Wildman–Crippen MR) is 108 cm³/mol. The van der Waals surface area contributed by atoms with Crippen LogP contribution < -0.4 is 10.2 Å². The van der Waals surface area contributed by atoms with Crippen LogP contribution in [0, 0.1) is 5.82 Å². The van der Waals surface area contributed by atoms with Crippen molar-refractivity contribution < 1.29 is 18.7 Å². The summed E-state index contributed by atoms with van der Waals surface area (Å²) in [6.45, 7) is 1.75. The van der Waals surface area contributed by atoms with Crippen LogP contribution in [0.2, 0.25) is 0 Å². The van der Waals surface area contributed by atoms with Gasteiger partial charge in [-0.3, -0.25) is 4.79 Å². The van der Waals surface area contributed by atoms with E-state index in [9.17, 15) is 14.0 Å². The van der Waals surface area contributed by atoms with Crippen LogP contribution in [-0.2, 0) is 14.3 Å². The molecule has 1 amide bonds. The largest absolute Gasteiger partial charge is 0.452 e. The number of halogens is 1. The van der Waals surface area contributed by atoms with E-state index in [2.05, 4.69) is 10.2 Å². The highest BCUT2D eigenvalue weighted by atomic mass is 19.1. The molecule has 2 aromatic carbocycles. The number of hydrogen-bond acceptors (Lipinski definition) is 4. The van der Waals surface area contributed by atoms with E-state index in [-0.39, 0.29) is 12.4 Å². The van der Waals surface area contributed by atoms with Crippen LogP contribution in [0.4, 0.5) is 15.8 Å². The topological polar surface area (TPSA) is 58.6 Å². The minimum atomic E-state index is -0.639. The fraction of sp³-hybridized carbons (Fsp3) is 0.273. The maximum Gasteiger partial charge on any atom is 0.331 e. The van der Waals surface area contributed by atoms with E-state index in [4.69, 9.17) is 4.74 Å². The first-order valence-corrected chi connectivity index (χ1v) is 9.35. The van der Waals surface area contributed by atoms with Crippen molar-refractivity contribution in [1.82, 2.24) is 0 Å². The average Bonchev–Trinajstić information content (AvgIpc) is 2.73. The zero-order chi connectivity index (χ0) is 19.8. The maximum absolute atomic E-state index is 12.8. The van der Waals surface area contributed by atoms with Gasteiger partial charge in [-0.2, -0.15) is 0 Å². The molecule has 28 heavy (non-hydrogen) atoms. The Labute approximate surface area is 163 Å². The SMILES string of the molecule is O=C(COC(=O)/C=C/c1ccc(F)cc1)Nc1ccc(N2CCCCC2)cc1. The zero-order valence-corrected chi connectivity index (χ0v) is 15.6. The summed E-state index contributed by atoms with van der Waals surface area (Å²) in [6, 6.07) is 13.3. The molecule has 0 spiro atoms. The molecular formula is C22H23FN2O3. The Morgan fingerprint density at radius 1 is 1.00 bits per heavy atom. The first kappa shape index (κ1) is 19.6. The number of anilines is 2. The number of esters is 1. The number of carbonyl (C=O) groups is 2. The molecule has 1 aliphatic heterocycles. The van der Waals surface area contributed by atoms with Crippen molar-refractivity contribution in [3.63, 3.8) is 0 Å². The van der Waals surface area contributed by atoms with Gasteiger partial charge in [-0.25, -0.2) is 9.18 Å². The second-order valence-electron chi connectivity index (χ2n) is 6.64. The summed E-state index contributed by atoms with van der Waals surface area (Å²) >= 11 is 0. The number of nitrogens with one attached hydrogen (secondary N) is 1. The number of benzene rings is 2. The minimum absolute atomic E-state index is 0.347. The molecule has 1 saturated heterocycles. The number of amides is 1. The van der Waals surface area contributed by atoms with Crippen molar-refractivity contribution in [3.8, 4) is 0 Å². The van der Waals surface area contributed by atoms with Gasteiger partial charge in [0.05, 0.1) is 0 Å². The van der Waals surface area contributed by atoms with Crippen molar-refractivity contribution in [2.75, 3.05) is 29.9 Å². The Bertz CT molecular complexity index is 826. The lowest BCUT2D eigenvalue weighted by atomic mass is 10.1. The van der Waals surface area contributed by atoms with Gasteiger partial charge in [0.2, 0.25) is 0 Å². The number of rotatable bonds is 6. The highest BCUT2D eigenvalue weighted by molar-refractivity contribution is 5.94. The number of hydrogen-bond donors (Lipinski definition) is 1. The van der Waals surface area contributed by atoms with Gasteiger partial charge in [0, 0.05) is 30.5 Å². The number of ether oxygens (including phenoxy) is 1. The Morgan fingerprint density at radius 2 is 1.68 bits per heavy atom. The summed E-state index contributed by atoms with van der Waals surface area (Å²) in [7, 11) is 0. The first-order chi connectivity index (χ1) is 13.6. The highest BCUT2D eigenvalue weighted by Gasteiger charge is 2.11. The molecule has 1 N–H and O–H groups in total. The zero-order valence-electron chi connectivity index (χ0n) is 15.6. The molecule has 6 heteroatoms. The Hall–Kier alpha value is -3.15. The van der Waals surface area contributed by atoms with Crippen LogP contribution in [-0.4, -0.2) is 31.6 Å². The average molecular weight is 382 g/mol. The standard InChI is InChI=1S/C22H23FN2O3/c23-18-7-4-17(5-8-18)6-13-22(27)28-16-21(26)24-19-9-11-20(12-10-19)25-14-2-1-3-15-25/h4-13H,1-3,14-16H2,(H,24,26)/b13-6+. The van der Waals surface area contributed by atoms with Crippen molar-refractivity contribution >= 4 is 29.3 Å². The molecule has 0 unspecified atom stereocenters. The molecule has 0 aromatic heterocycles. The number of nitrogens with zero attached hydrogens (tertiary/aromatic N) is 1. The molecule has 1 fully saturated rings. The van der Waals surface area contributed by atoms with Gasteiger partial charge in [0.1, 0.15) is 5.82 Å². The van der Waals surface area contributed by atoms with Crippen molar-refractivity contribution in [1.29, 1.82) is 0 Å². The summed E-state index contributed by atoms with van der Waals surface area (Å²) in [5.41, 5.74) is 2.47. The van der Waals surface area contributed by atoms with Gasteiger partial charge in [0.15, 0.2) is 6.61 Å². The van der Waals surface area contributed by atoms with E-state index in [0.29, 0.717) is 11.3 Å². The molecule has 0 atom stereocenters. The third-order valence-electron chi connectivity index (χ3n) is 4.50. The second-order valence-corrected chi connectivity index (χ2v) is 6.64. The smallest absolute Gasteiger partial charge is 0.331 e. The van der Waals surface area contributed by atoms with Crippen molar-refractivity contribution in [2.24, 2.45) is 0 Å². The Kier molecular flexibility index (Phi) is 6.78. The molecule has 1 aliphatic rings. The third-order valence-corrected chi connectivity index (χ3v) is 4.50. The lowest BCUT2D eigenvalue weighted by Crippen LogP contribution is -2.29. The highest BCUT2D eigenvalue weighted by Crippen LogP contribution is 2.21. The molecule has 3 rings (SSSR count). The predicted octanol–water partition coefficient (Wildman–Crippen LogP) is 4.01. The van der Waals surface area contributed by atoms with Crippen molar-refractivity contribution in [3.05, 3.63) is 66.0 Å². The quantitative estimate of drug-likeness (QED) is 0.606. The first-order valence-electron chi connectivity index (χ1n) is 9.35. The second kappa shape index (κ2) is 9.69. The van der Waals surface area contributed by atoms with Crippen LogP contribution in [0.3, 0.4) is 0 Å². The van der Waals surface area contributed by atoms with Gasteiger partial charge in [-0.15, -0.1) is 0 Å². The molecule has 2 aromatic rings. The fourth-order valence-corrected chi connectivity index (χ4v) is 3.03. The minimum Gasteiger partial charge on any atom is -0.452 e. The molecule has 5 nitrogen and oxygen atoms in total. The Balaban J connectivity index is 1.43. The van der Waals surface area contributed by atoms with E-state index in [1.54, 1.807) is 12.1 Å². The van der Waals surface area contributed by atoms with E-state index >= 15 is 0 Å².